The molecule has 238 valence electrons. The van der Waals surface area contributed by atoms with Crippen LogP contribution in [0.5, 0.6) is 5.75 Å². The van der Waals surface area contributed by atoms with Crippen LogP contribution in [0.15, 0.2) is 24.5 Å². The highest BCUT2D eigenvalue weighted by atomic mass is 16.6. The highest BCUT2D eigenvalue weighted by molar-refractivity contribution is 5.89. The molecule has 1 aliphatic rings. The molecule has 0 unspecified atom stereocenters. The van der Waals surface area contributed by atoms with E-state index in [0.29, 0.717) is 48.7 Å². The second-order valence-corrected chi connectivity index (χ2v) is 11.8. The molecule has 4 heterocycles. The fourth-order valence-electron chi connectivity index (χ4n) is 5.12. The molecule has 2 N–H and O–H groups in total. The Morgan fingerprint density at radius 2 is 1.84 bits per heavy atom. The Morgan fingerprint density at radius 1 is 1.09 bits per heavy atom. The SMILES string of the molecule is CCCC(CCC)Nc1nc(NC(=O)OC)nc2cnn(Cc3cnc(C4=CCCN(C(=O)OC(C)(C)C)C4)cc3OC)c12. The number of amides is 2. The van der Waals surface area contributed by atoms with Crippen molar-refractivity contribution in [3.05, 3.63) is 35.8 Å². The fourth-order valence-corrected chi connectivity index (χ4v) is 5.12. The van der Waals surface area contributed by atoms with Crippen LogP contribution < -0.4 is 15.4 Å². The zero-order valence-electron chi connectivity index (χ0n) is 26.8. The van der Waals surface area contributed by atoms with E-state index in [-0.39, 0.29) is 18.1 Å². The summed E-state index contributed by atoms with van der Waals surface area (Å²) in [5, 5.41) is 10.8. The number of rotatable bonds is 11. The van der Waals surface area contributed by atoms with Crippen molar-refractivity contribution in [2.75, 3.05) is 37.9 Å². The standard InChI is InChI=1S/C31H44N8O5/c1-8-11-22(12-9-2)34-27-26-24(35-28(36-27)37-29(40)43-7)17-33-39(26)19-21-16-32-23(15-25(21)42-6)20-13-10-14-38(18-20)30(41)44-31(3,4)5/h13,15-17,22H,8-12,14,18-19H2,1-7H3,(H2,34,35,36,37,40). The van der Waals surface area contributed by atoms with Gasteiger partial charge >= 0.3 is 12.2 Å². The Hall–Kier alpha value is -4.42. The van der Waals surface area contributed by atoms with Gasteiger partial charge in [0.2, 0.25) is 5.95 Å². The molecule has 44 heavy (non-hydrogen) atoms. The largest absolute Gasteiger partial charge is 0.496 e. The number of hydrogen-bond donors (Lipinski definition) is 2. The van der Waals surface area contributed by atoms with E-state index in [4.69, 9.17) is 19.2 Å². The third kappa shape index (κ3) is 8.14. The van der Waals surface area contributed by atoms with Crippen LogP contribution in [0, 0.1) is 0 Å². The van der Waals surface area contributed by atoms with Crippen molar-refractivity contribution in [2.45, 2.75) is 84.9 Å². The van der Waals surface area contributed by atoms with Crippen molar-refractivity contribution >= 4 is 40.6 Å². The number of pyridine rings is 1. The van der Waals surface area contributed by atoms with Crippen LogP contribution in [0.4, 0.5) is 21.4 Å². The maximum Gasteiger partial charge on any atom is 0.413 e. The second kappa shape index (κ2) is 14.4. The lowest BCUT2D eigenvalue weighted by molar-refractivity contribution is 0.0273. The van der Waals surface area contributed by atoms with E-state index < -0.39 is 11.7 Å². The predicted molar refractivity (Wildman–Crippen MR) is 169 cm³/mol. The molecule has 0 bridgehead atoms. The lowest BCUT2D eigenvalue weighted by atomic mass is 10.0. The molecule has 0 saturated heterocycles. The molecule has 3 aromatic heterocycles. The van der Waals surface area contributed by atoms with Gasteiger partial charge in [0, 0.05) is 30.4 Å². The van der Waals surface area contributed by atoms with Crippen molar-refractivity contribution < 1.29 is 23.8 Å². The number of ether oxygens (including phenoxy) is 3. The van der Waals surface area contributed by atoms with Crippen LogP contribution in [0.3, 0.4) is 0 Å². The van der Waals surface area contributed by atoms with Crippen molar-refractivity contribution in [2.24, 2.45) is 0 Å². The Labute approximate surface area is 258 Å². The summed E-state index contributed by atoms with van der Waals surface area (Å²) in [5.41, 5.74) is 3.18. The number of aromatic nitrogens is 5. The van der Waals surface area contributed by atoms with Crippen molar-refractivity contribution in [3.8, 4) is 5.75 Å². The second-order valence-electron chi connectivity index (χ2n) is 11.8. The summed E-state index contributed by atoms with van der Waals surface area (Å²) in [6.45, 7) is 11.2. The van der Waals surface area contributed by atoms with Gasteiger partial charge in [-0.2, -0.15) is 10.1 Å². The van der Waals surface area contributed by atoms with Gasteiger partial charge in [-0.15, -0.1) is 0 Å². The van der Waals surface area contributed by atoms with Gasteiger partial charge in [0.15, 0.2) is 5.82 Å². The summed E-state index contributed by atoms with van der Waals surface area (Å²) < 4.78 is 17.9. The molecule has 13 nitrogen and oxygen atoms in total. The first kappa shape index (κ1) is 32.5. The van der Waals surface area contributed by atoms with Crippen molar-refractivity contribution in [1.29, 1.82) is 0 Å². The zero-order valence-corrected chi connectivity index (χ0v) is 26.8. The average Bonchev–Trinajstić information content (AvgIpc) is 3.39. The smallest absolute Gasteiger partial charge is 0.413 e. The first-order valence-electron chi connectivity index (χ1n) is 15.1. The Kier molecular flexibility index (Phi) is 10.6. The third-order valence-electron chi connectivity index (χ3n) is 7.12. The molecule has 0 atom stereocenters. The number of nitrogens with zero attached hydrogens (tertiary/aromatic N) is 6. The molecule has 0 spiro atoms. The quantitative estimate of drug-likeness (QED) is 0.271. The Balaban J connectivity index is 1.63. The van der Waals surface area contributed by atoms with Crippen LogP contribution in [0.1, 0.15) is 78.0 Å². The van der Waals surface area contributed by atoms with E-state index in [2.05, 4.69) is 45.6 Å². The number of methoxy groups -OCH3 is 2. The number of fused-ring (bicyclic) bond motifs is 1. The van der Waals surface area contributed by atoms with E-state index in [1.807, 2.05) is 26.8 Å². The van der Waals surface area contributed by atoms with E-state index in [1.165, 1.54) is 7.11 Å². The first-order valence-corrected chi connectivity index (χ1v) is 15.1. The summed E-state index contributed by atoms with van der Waals surface area (Å²) in [7, 11) is 2.91. The van der Waals surface area contributed by atoms with Crippen molar-refractivity contribution in [3.63, 3.8) is 0 Å². The van der Waals surface area contributed by atoms with Gasteiger partial charge in [-0.3, -0.25) is 15.0 Å². The topological polar surface area (TPSA) is 146 Å². The maximum absolute atomic E-state index is 12.7. The molecule has 0 aromatic carbocycles. The van der Waals surface area contributed by atoms with Crippen LogP contribution in [-0.4, -0.2) is 80.8 Å². The number of carbonyl (C=O) groups excluding carboxylic acids is 2. The number of hydrogen-bond acceptors (Lipinski definition) is 10. The number of carbonyl (C=O) groups is 2. The van der Waals surface area contributed by atoms with E-state index in [1.54, 1.807) is 29.1 Å². The van der Waals surface area contributed by atoms with Gasteiger partial charge in [0.1, 0.15) is 22.4 Å². The molecule has 4 rings (SSSR count). The summed E-state index contributed by atoms with van der Waals surface area (Å²) >= 11 is 0. The Morgan fingerprint density at radius 3 is 2.50 bits per heavy atom. The molecule has 0 fully saturated rings. The summed E-state index contributed by atoms with van der Waals surface area (Å²) in [5.74, 6) is 1.34. The molecular formula is C31H44N8O5. The predicted octanol–water partition coefficient (Wildman–Crippen LogP) is 5.86. The minimum absolute atomic E-state index is 0.128. The molecule has 3 aromatic rings. The van der Waals surface area contributed by atoms with Gasteiger partial charge in [-0.1, -0.05) is 32.8 Å². The number of nitrogens with one attached hydrogen (secondary N) is 2. The normalized spacial score (nSPS) is 13.5. The lowest BCUT2D eigenvalue weighted by Crippen LogP contribution is -2.39. The van der Waals surface area contributed by atoms with Crippen LogP contribution in [0.25, 0.3) is 16.6 Å². The monoisotopic (exact) mass is 608 g/mol. The summed E-state index contributed by atoms with van der Waals surface area (Å²) in [6.07, 6.45) is 9.19. The lowest BCUT2D eigenvalue weighted by Gasteiger charge is -2.30. The van der Waals surface area contributed by atoms with Crippen LogP contribution in [0.2, 0.25) is 0 Å². The van der Waals surface area contributed by atoms with E-state index in [9.17, 15) is 9.59 Å². The minimum Gasteiger partial charge on any atom is -0.496 e. The first-order chi connectivity index (χ1) is 21.0. The molecule has 0 radical (unpaired) electrons. The Bertz CT molecular complexity index is 1490. The summed E-state index contributed by atoms with van der Waals surface area (Å²) in [6, 6.07) is 2.08. The van der Waals surface area contributed by atoms with Gasteiger partial charge in [-0.05, 0) is 45.6 Å². The average molecular weight is 609 g/mol. The fraction of sp³-hybridized carbons (Fsp3) is 0.548. The van der Waals surface area contributed by atoms with E-state index in [0.717, 1.165) is 42.5 Å². The maximum atomic E-state index is 12.7. The molecule has 1 aliphatic heterocycles. The minimum atomic E-state index is -0.653. The van der Waals surface area contributed by atoms with Gasteiger partial charge in [-0.25, -0.2) is 14.6 Å². The molecule has 0 saturated carbocycles. The highest BCUT2D eigenvalue weighted by Gasteiger charge is 2.26. The van der Waals surface area contributed by atoms with Gasteiger partial charge in [0.25, 0.3) is 0 Å². The van der Waals surface area contributed by atoms with Crippen LogP contribution in [-0.2, 0) is 16.0 Å². The van der Waals surface area contributed by atoms with Gasteiger partial charge < -0.3 is 24.4 Å². The molecule has 2 amide bonds. The summed E-state index contributed by atoms with van der Waals surface area (Å²) in [4.78, 5) is 40.2. The molecular weight excluding hydrogens is 564 g/mol. The zero-order chi connectivity index (χ0) is 31.9. The highest BCUT2D eigenvalue weighted by Crippen LogP contribution is 2.29. The van der Waals surface area contributed by atoms with Gasteiger partial charge in [0.05, 0.1) is 39.2 Å². The van der Waals surface area contributed by atoms with Crippen LogP contribution >= 0.6 is 0 Å². The van der Waals surface area contributed by atoms with E-state index >= 15 is 0 Å². The third-order valence-corrected chi connectivity index (χ3v) is 7.12. The molecule has 13 heteroatoms. The van der Waals surface area contributed by atoms with Crippen molar-refractivity contribution in [1.82, 2.24) is 29.6 Å². The number of anilines is 2. The molecule has 0 aliphatic carbocycles.